The normalized spacial score (nSPS) is 18.1. The number of benzene rings is 8. The molecule has 1 atom stereocenters. The van der Waals surface area contributed by atoms with Gasteiger partial charge in [0.15, 0.2) is 0 Å². The summed E-state index contributed by atoms with van der Waals surface area (Å²) >= 11 is 0. The van der Waals surface area contributed by atoms with Gasteiger partial charge in [-0.05, 0) is 141 Å². The molecule has 0 amide bonds. The zero-order valence-electron chi connectivity index (χ0n) is 34.7. The molecule has 0 bridgehead atoms. The third kappa shape index (κ3) is 4.62. The summed E-state index contributed by atoms with van der Waals surface area (Å²) in [5.41, 5.74) is 21.2. The zero-order chi connectivity index (χ0) is 40.0. The molecule has 284 valence electrons. The van der Waals surface area contributed by atoms with Crippen LogP contribution < -0.4 is 4.90 Å². The molecule has 0 radical (unpaired) electrons. The lowest BCUT2D eigenvalue weighted by Gasteiger charge is -2.31. The van der Waals surface area contributed by atoms with E-state index < -0.39 is 0 Å². The molecule has 0 saturated heterocycles. The molecular weight excluding hydrogens is 711 g/mol. The van der Waals surface area contributed by atoms with Gasteiger partial charge in [0.2, 0.25) is 0 Å². The van der Waals surface area contributed by atoms with Gasteiger partial charge in [-0.25, -0.2) is 0 Å². The molecule has 1 unspecified atom stereocenters. The van der Waals surface area contributed by atoms with Crippen LogP contribution >= 0.6 is 0 Å². The molecular formula is C58H47N. The fraction of sp³-hybridized carbons (Fsp3) is 0.172. The number of hydrogen-bond donors (Lipinski definition) is 0. The van der Waals surface area contributed by atoms with Crippen molar-refractivity contribution in [3.05, 3.63) is 198 Å². The van der Waals surface area contributed by atoms with E-state index in [-0.39, 0.29) is 16.2 Å². The van der Waals surface area contributed by atoms with E-state index in [1.807, 2.05) is 0 Å². The number of anilines is 1. The second-order valence-corrected chi connectivity index (χ2v) is 18.9. The summed E-state index contributed by atoms with van der Waals surface area (Å²) in [4.78, 5) is 2.46. The van der Waals surface area contributed by atoms with Crippen LogP contribution in [-0.2, 0) is 16.2 Å². The van der Waals surface area contributed by atoms with Crippen LogP contribution in [0.3, 0.4) is 0 Å². The average Bonchev–Trinajstić information content (AvgIpc) is 3.74. The summed E-state index contributed by atoms with van der Waals surface area (Å²) in [6.45, 7) is 14.3. The maximum absolute atomic E-state index is 2.51. The minimum Gasteiger partial charge on any atom is -0.340 e. The summed E-state index contributed by atoms with van der Waals surface area (Å²) < 4.78 is 0. The zero-order valence-corrected chi connectivity index (χ0v) is 34.7. The molecule has 0 aromatic heterocycles. The average molecular weight is 758 g/mol. The lowest BCUT2D eigenvalue weighted by molar-refractivity contribution is 0.492. The van der Waals surface area contributed by atoms with Gasteiger partial charge in [-0.15, -0.1) is 0 Å². The van der Waals surface area contributed by atoms with Crippen molar-refractivity contribution in [1.82, 2.24) is 0 Å². The second-order valence-electron chi connectivity index (χ2n) is 18.9. The van der Waals surface area contributed by atoms with Gasteiger partial charge in [-0.2, -0.15) is 0 Å². The van der Waals surface area contributed by atoms with E-state index in [9.17, 15) is 0 Å². The maximum atomic E-state index is 2.51. The first-order valence-electron chi connectivity index (χ1n) is 21.3. The van der Waals surface area contributed by atoms with E-state index in [2.05, 4.69) is 216 Å². The molecule has 59 heavy (non-hydrogen) atoms. The van der Waals surface area contributed by atoms with Crippen molar-refractivity contribution >= 4 is 27.2 Å². The summed E-state index contributed by atoms with van der Waals surface area (Å²) in [5, 5.41) is 5.15. The van der Waals surface area contributed by atoms with Gasteiger partial charge in [0.1, 0.15) is 0 Å². The topological polar surface area (TPSA) is 3.24 Å². The minimum absolute atomic E-state index is 0.0487. The lowest BCUT2D eigenvalue weighted by Crippen LogP contribution is -2.37. The van der Waals surface area contributed by atoms with Crippen LogP contribution in [0.15, 0.2) is 170 Å². The Bertz CT molecular complexity index is 3200. The largest absolute Gasteiger partial charge is 0.340 e. The maximum Gasteiger partial charge on any atom is 0.0611 e. The van der Waals surface area contributed by atoms with Crippen LogP contribution in [0.5, 0.6) is 0 Å². The van der Waals surface area contributed by atoms with E-state index in [1.165, 1.54) is 111 Å². The Morgan fingerprint density at radius 2 is 0.864 bits per heavy atom. The van der Waals surface area contributed by atoms with E-state index in [1.54, 1.807) is 0 Å². The van der Waals surface area contributed by atoms with E-state index in [0.29, 0.717) is 6.04 Å². The van der Waals surface area contributed by atoms with Crippen molar-refractivity contribution in [1.29, 1.82) is 0 Å². The minimum atomic E-state index is -0.0868. The van der Waals surface area contributed by atoms with Crippen LogP contribution in [0.4, 0.5) is 5.69 Å². The Morgan fingerprint density at radius 3 is 1.53 bits per heavy atom. The Kier molecular flexibility index (Phi) is 6.93. The van der Waals surface area contributed by atoms with Gasteiger partial charge in [-0.1, -0.05) is 169 Å². The van der Waals surface area contributed by atoms with E-state index in [0.717, 1.165) is 0 Å². The first kappa shape index (κ1) is 34.6. The van der Waals surface area contributed by atoms with Crippen LogP contribution in [0.25, 0.3) is 77.2 Å². The predicted molar refractivity (Wildman–Crippen MR) is 250 cm³/mol. The molecule has 0 spiro atoms. The highest BCUT2D eigenvalue weighted by Gasteiger charge is 2.43. The number of nitrogens with zero attached hydrogens (tertiary/aromatic N) is 1. The third-order valence-electron chi connectivity index (χ3n) is 14.8. The molecule has 8 aromatic carbocycles. The quantitative estimate of drug-likeness (QED) is 0.162. The first-order chi connectivity index (χ1) is 28.5. The fourth-order valence-electron chi connectivity index (χ4n) is 11.6. The number of rotatable bonds is 3. The summed E-state index contributed by atoms with van der Waals surface area (Å²) in [6.07, 6.45) is 8.97. The molecule has 2 aliphatic carbocycles. The molecule has 2 heterocycles. The van der Waals surface area contributed by atoms with Gasteiger partial charge < -0.3 is 4.90 Å². The van der Waals surface area contributed by atoms with E-state index >= 15 is 0 Å². The van der Waals surface area contributed by atoms with E-state index in [4.69, 9.17) is 0 Å². The van der Waals surface area contributed by atoms with Crippen molar-refractivity contribution in [2.45, 2.75) is 63.8 Å². The lowest BCUT2D eigenvalue weighted by atomic mass is 9.78. The molecule has 4 aliphatic rings. The third-order valence-corrected chi connectivity index (χ3v) is 14.8. The highest BCUT2D eigenvalue weighted by Crippen LogP contribution is 2.54. The van der Waals surface area contributed by atoms with Crippen molar-refractivity contribution in [2.24, 2.45) is 0 Å². The van der Waals surface area contributed by atoms with Gasteiger partial charge in [0.05, 0.1) is 6.04 Å². The second kappa shape index (κ2) is 11.8. The van der Waals surface area contributed by atoms with Gasteiger partial charge >= 0.3 is 0 Å². The Balaban J connectivity index is 1.12. The molecule has 1 nitrogen and oxygen atoms in total. The first-order valence-corrected chi connectivity index (χ1v) is 21.3. The highest BCUT2D eigenvalue weighted by molar-refractivity contribution is 6.22. The fourth-order valence-corrected chi connectivity index (χ4v) is 11.6. The molecule has 0 fully saturated rings. The molecule has 12 rings (SSSR count). The monoisotopic (exact) mass is 757 g/mol. The summed E-state index contributed by atoms with van der Waals surface area (Å²) in [5.74, 6) is 0. The number of allylic oxidation sites excluding steroid dienone is 2. The predicted octanol–water partition coefficient (Wildman–Crippen LogP) is 15.2. The van der Waals surface area contributed by atoms with Crippen molar-refractivity contribution in [2.75, 3.05) is 4.90 Å². The number of fused-ring (bicyclic) bond motifs is 11. The number of hydrogen-bond acceptors (Lipinski definition) is 1. The Hall–Kier alpha value is -6.44. The van der Waals surface area contributed by atoms with Crippen molar-refractivity contribution in [3.8, 4) is 55.6 Å². The van der Waals surface area contributed by atoms with Gasteiger partial charge in [-0.3, -0.25) is 0 Å². The van der Waals surface area contributed by atoms with Crippen molar-refractivity contribution in [3.63, 3.8) is 0 Å². The van der Waals surface area contributed by atoms with Crippen LogP contribution in [0.2, 0.25) is 0 Å². The Morgan fingerprint density at radius 1 is 0.390 bits per heavy atom. The molecule has 8 aromatic rings. The van der Waals surface area contributed by atoms with Crippen molar-refractivity contribution < 1.29 is 0 Å². The Labute approximate surface area is 348 Å². The highest BCUT2D eigenvalue weighted by atomic mass is 15.2. The summed E-state index contributed by atoms with van der Waals surface area (Å²) in [7, 11) is 0. The van der Waals surface area contributed by atoms with Crippen LogP contribution in [0, 0.1) is 0 Å². The smallest absolute Gasteiger partial charge is 0.0611 e. The van der Waals surface area contributed by atoms with Gasteiger partial charge in [0.25, 0.3) is 0 Å². The molecule has 0 saturated carbocycles. The van der Waals surface area contributed by atoms with Crippen LogP contribution in [0.1, 0.15) is 69.4 Å². The molecule has 0 N–H and O–H groups in total. The standard InChI is InChI=1S/C58H47N/c1-56(2)47-19-11-9-15-39(47)41-26-22-36(32-49(41)56)35-23-28-45-46(31-35)55(38-25-29-52-51(34-38)58(5,6)53-21-13-14-30-59(52)53)44-18-8-7-17-43(44)54(45)37-24-27-42-40-16-10-12-20-48(40)57(3,4)50(42)33-37/h7-34,53H,1-6H3. The molecule has 2 aliphatic heterocycles. The van der Waals surface area contributed by atoms with Crippen LogP contribution in [-0.4, -0.2) is 6.04 Å². The summed E-state index contributed by atoms with van der Waals surface area (Å²) in [6, 6.07) is 56.3. The van der Waals surface area contributed by atoms with Gasteiger partial charge in [0, 0.05) is 28.1 Å². The molecule has 1 heteroatoms. The SMILES string of the molecule is CC1(C)c2ccccc2-c2ccc(-c3ccc4c(-c5ccc6c(c5)C(C)(C)c5ccccc5-6)c5ccccc5c(-c5ccc6c(c5)C(C)(C)C5C=CC=CN65)c4c3)cc21.